The quantitative estimate of drug-likeness (QED) is 0.790. The molecule has 0 bridgehead atoms. The molecule has 2 heterocycles. The first-order valence-corrected chi connectivity index (χ1v) is 7.10. The molecule has 108 valence electrons. The summed E-state index contributed by atoms with van der Waals surface area (Å²) < 4.78 is 10.9. The van der Waals surface area contributed by atoms with Crippen LogP contribution in [0.25, 0.3) is 0 Å². The van der Waals surface area contributed by atoms with Crippen LogP contribution in [0.15, 0.2) is 4.52 Å². The van der Waals surface area contributed by atoms with Crippen molar-refractivity contribution in [2.45, 2.75) is 38.8 Å². The van der Waals surface area contributed by atoms with E-state index < -0.39 is 0 Å². The summed E-state index contributed by atoms with van der Waals surface area (Å²) in [5, 5.41) is 7.29. The van der Waals surface area contributed by atoms with Crippen molar-refractivity contribution in [1.29, 1.82) is 0 Å². The summed E-state index contributed by atoms with van der Waals surface area (Å²) in [6, 6.07) is 0. The van der Waals surface area contributed by atoms with Gasteiger partial charge >= 0.3 is 0 Å². The summed E-state index contributed by atoms with van der Waals surface area (Å²) in [4.78, 5) is 6.64. The summed E-state index contributed by atoms with van der Waals surface area (Å²) in [5.41, 5.74) is 0. The van der Waals surface area contributed by atoms with E-state index in [2.05, 4.69) is 34.3 Å². The van der Waals surface area contributed by atoms with Gasteiger partial charge in [0.05, 0.1) is 19.3 Å². The van der Waals surface area contributed by atoms with Crippen LogP contribution in [-0.2, 0) is 17.7 Å². The van der Waals surface area contributed by atoms with Crippen molar-refractivity contribution in [1.82, 2.24) is 20.4 Å². The molecule has 0 saturated carbocycles. The van der Waals surface area contributed by atoms with E-state index in [1.54, 1.807) is 0 Å². The van der Waals surface area contributed by atoms with Crippen molar-refractivity contribution >= 4 is 0 Å². The Morgan fingerprint density at radius 3 is 3.16 bits per heavy atom. The number of hydrogen-bond donors (Lipinski definition) is 1. The number of unbranched alkanes of at least 4 members (excludes halogenated alkanes) is 1. The third-order valence-corrected chi connectivity index (χ3v) is 3.25. The van der Waals surface area contributed by atoms with Gasteiger partial charge in [0, 0.05) is 26.1 Å². The van der Waals surface area contributed by atoms with Gasteiger partial charge in [0.2, 0.25) is 5.89 Å². The fourth-order valence-electron chi connectivity index (χ4n) is 2.13. The van der Waals surface area contributed by atoms with Gasteiger partial charge < -0.3 is 19.5 Å². The highest BCUT2D eigenvalue weighted by Gasteiger charge is 2.17. The lowest BCUT2D eigenvalue weighted by Gasteiger charge is -2.30. The van der Waals surface area contributed by atoms with Crippen LogP contribution in [0.1, 0.15) is 31.5 Å². The summed E-state index contributed by atoms with van der Waals surface area (Å²) in [5.74, 6) is 1.47. The lowest BCUT2D eigenvalue weighted by Crippen LogP contribution is -2.44. The van der Waals surface area contributed by atoms with E-state index in [0.717, 1.165) is 57.2 Å². The smallest absolute Gasteiger partial charge is 0.226 e. The third kappa shape index (κ3) is 4.89. The van der Waals surface area contributed by atoms with E-state index in [-0.39, 0.29) is 6.10 Å². The van der Waals surface area contributed by atoms with Crippen LogP contribution in [-0.4, -0.2) is 54.4 Å². The highest BCUT2D eigenvalue weighted by Crippen LogP contribution is 2.04. The van der Waals surface area contributed by atoms with Crippen molar-refractivity contribution in [2.24, 2.45) is 0 Å². The van der Waals surface area contributed by atoms with Gasteiger partial charge in [-0.05, 0) is 13.5 Å². The molecule has 1 unspecified atom stereocenters. The maximum absolute atomic E-state index is 5.68. The molecule has 1 N–H and O–H groups in total. The summed E-state index contributed by atoms with van der Waals surface area (Å²) in [6.45, 7) is 6.41. The van der Waals surface area contributed by atoms with E-state index in [4.69, 9.17) is 9.26 Å². The molecule has 1 aromatic heterocycles. The Balaban J connectivity index is 1.66. The Morgan fingerprint density at radius 2 is 2.37 bits per heavy atom. The summed E-state index contributed by atoms with van der Waals surface area (Å²) in [7, 11) is 2.12. The monoisotopic (exact) mass is 268 g/mol. The molecule has 0 aromatic carbocycles. The molecule has 1 saturated heterocycles. The number of likely N-dealkylation sites (N-methyl/N-ethyl adjacent to an activating group) is 1. The molecule has 0 amide bonds. The Kier molecular flexibility index (Phi) is 5.75. The first-order chi connectivity index (χ1) is 9.28. The van der Waals surface area contributed by atoms with Crippen LogP contribution in [0.2, 0.25) is 0 Å². The van der Waals surface area contributed by atoms with Gasteiger partial charge in [-0.3, -0.25) is 0 Å². The minimum Gasteiger partial charge on any atom is -0.374 e. The zero-order chi connectivity index (χ0) is 13.5. The first kappa shape index (κ1) is 14.4. The highest BCUT2D eigenvalue weighted by atomic mass is 16.5. The van der Waals surface area contributed by atoms with E-state index in [1.165, 1.54) is 0 Å². The van der Waals surface area contributed by atoms with E-state index in [9.17, 15) is 0 Å². The fraction of sp³-hybridized carbons (Fsp3) is 0.846. The molecule has 19 heavy (non-hydrogen) atoms. The molecule has 2 rings (SSSR count). The lowest BCUT2D eigenvalue weighted by molar-refractivity contribution is -0.0182. The van der Waals surface area contributed by atoms with Crippen LogP contribution in [0.5, 0.6) is 0 Å². The molecule has 1 aromatic rings. The van der Waals surface area contributed by atoms with Crippen LogP contribution in [0, 0.1) is 0 Å². The third-order valence-electron chi connectivity index (χ3n) is 3.25. The van der Waals surface area contributed by atoms with Crippen molar-refractivity contribution in [3.05, 3.63) is 11.7 Å². The molecule has 1 aliphatic rings. The number of nitrogens with zero attached hydrogens (tertiary/aromatic N) is 3. The Bertz CT molecular complexity index is 369. The van der Waals surface area contributed by atoms with Gasteiger partial charge in [0.15, 0.2) is 5.82 Å². The van der Waals surface area contributed by atoms with Gasteiger partial charge in [-0.15, -0.1) is 0 Å². The van der Waals surface area contributed by atoms with E-state index >= 15 is 0 Å². The maximum Gasteiger partial charge on any atom is 0.226 e. The standard InChI is InChI=1S/C13H24N4O2/c1-3-4-5-13-15-12(16-19-13)9-14-8-11-10-17(2)6-7-18-11/h11,14H,3-10H2,1-2H3. The molecular formula is C13H24N4O2. The molecule has 1 aliphatic heterocycles. The maximum atomic E-state index is 5.68. The van der Waals surface area contributed by atoms with Gasteiger partial charge in [0.1, 0.15) is 0 Å². The van der Waals surface area contributed by atoms with E-state index in [0.29, 0.717) is 6.54 Å². The minimum absolute atomic E-state index is 0.255. The second-order valence-corrected chi connectivity index (χ2v) is 5.09. The largest absolute Gasteiger partial charge is 0.374 e. The zero-order valence-electron chi connectivity index (χ0n) is 11.9. The second kappa shape index (κ2) is 7.57. The number of ether oxygens (including phenoxy) is 1. The van der Waals surface area contributed by atoms with Gasteiger partial charge in [0.25, 0.3) is 0 Å². The van der Waals surface area contributed by atoms with Crippen LogP contribution >= 0.6 is 0 Å². The zero-order valence-corrected chi connectivity index (χ0v) is 11.9. The fourth-order valence-corrected chi connectivity index (χ4v) is 2.13. The Morgan fingerprint density at radius 1 is 1.47 bits per heavy atom. The number of nitrogens with one attached hydrogen (secondary N) is 1. The molecule has 6 heteroatoms. The average Bonchev–Trinajstić information content (AvgIpc) is 2.84. The van der Waals surface area contributed by atoms with Crippen molar-refractivity contribution < 1.29 is 9.26 Å². The van der Waals surface area contributed by atoms with Crippen molar-refractivity contribution in [3.63, 3.8) is 0 Å². The van der Waals surface area contributed by atoms with E-state index in [1.807, 2.05) is 0 Å². The number of hydrogen-bond acceptors (Lipinski definition) is 6. The highest BCUT2D eigenvalue weighted by molar-refractivity contribution is 4.86. The number of aromatic nitrogens is 2. The molecular weight excluding hydrogens is 244 g/mol. The van der Waals surface area contributed by atoms with Crippen LogP contribution < -0.4 is 5.32 Å². The average molecular weight is 268 g/mol. The molecule has 0 aliphatic carbocycles. The van der Waals surface area contributed by atoms with Gasteiger partial charge in [-0.25, -0.2) is 0 Å². The lowest BCUT2D eigenvalue weighted by atomic mass is 10.2. The summed E-state index contributed by atoms with van der Waals surface area (Å²) >= 11 is 0. The van der Waals surface area contributed by atoms with Crippen molar-refractivity contribution in [3.8, 4) is 0 Å². The molecule has 0 radical (unpaired) electrons. The SMILES string of the molecule is CCCCc1nc(CNCC2CN(C)CCO2)no1. The van der Waals surface area contributed by atoms with Crippen LogP contribution in [0.4, 0.5) is 0 Å². The first-order valence-electron chi connectivity index (χ1n) is 7.10. The second-order valence-electron chi connectivity index (χ2n) is 5.09. The number of aryl methyl sites for hydroxylation is 1. The summed E-state index contributed by atoms with van der Waals surface area (Å²) in [6.07, 6.45) is 3.37. The molecule has 6 nitrogen and oxygen atoms in total. The molecule has 1 atom stereocenters. The predicted molar refractivity (Wildman–Crippen MR) is 71.9 cm³/mol. The van der Waals surface area contributed by atoms with Gasteiger partial charge in [-0.2, -0.15) is 4.98 Å². The normalized spacial score (nSPS) is 20.8. The topological polar surface area (TPSA) is 63.4 Å². The molecule has 0 spiro atoms. The molecule has 1 fully saturated rings. The Hall–Kier alpha value is -0.980. The van der Waals surface area contributed by atoms with Crippen LogP contribution in [0.3, 0.4) is 0 Å². The number of morpholine rings is 1. The minimum atomic E-state index is 0.255. The van der Waals surface area contributed by atoms with Gasteiger partial charge in [-0.1, -0.05) is 18.5 Å². The van der Waals surface area contributed by atoms with Crippen molar-refractivity contribution in [2.75, 3.05) is 33.3 Å². The Labute approximate surface area is 114 Å². The predicted octanol–water partition coefficient (Wildman–Crippen LogP) is 0.832. The number of rotatable bonds is 7.